The number of nitrogens with one attached hydrogen (secondary N) is 1. The van der Waals surface area contributed by atoms with Gasteiger partial charge in [-0.3, -0.25) is 4.79 Å². The molecule has 1 amide bonds. The first-order valence-electron chi connectivity index (χ1n) is 8.31. The van der Waals surface area contributed by atoms with E-state index in [-0.39, 0.29) is 12.3 Å². The van der Waals surface area contributed by atoms with Crippen molar-refractivity contribution in [3.05, 3.63) is 69.7 Å². The summed E-state index contributed by atoms with van der Waals surface area (Å²) in [6.45, 7) is 8.17. The molecule has 3 aromatic rings. The normalized spacial score (nSPS) is 10.7. The summed E-state index contributed by atoms with van der Waals surface area (Å²) < 4.78 is 0. The Balaban J connectivity index is 1.72. The Morgan fingerprint density at radius 1 is 1.04 bits per heavy atom. The molecule has 1 heterocycles. The molecule has 0 aliphatic heterocycles. The molecule has 0 atom stereocenters. The van der Waals surface area contributed by atoms with E-state index in [9.17, 15) is 4.79 Å². The number of aromatic nitrogens is 1. The average Bonchev–Trinajstić information content (AvgIpc) is 2.99. The quantitative estimate of drug-likeness (QED) is 0.700. The first kappa shape index (κ1) is 17.4. The molecule has 0 fully saturated rings. The van der Waals surface area contributed by atoms with Crippen molar-refractivity contribution in [3.63, 3.8) is 0 Å². The molecule has 0 unspecified atom stereocenters. The van der Waals surface area contributed by atoms with Gasteiger partial charge in [-0.05, 0) is 44.9 Å². The van der Waals surface area contributed by atoms with Crippen LogP contribution in [0.5, 0.6) is 0 Å². The molecule has 2 aromatic carbocycles. The molecular weight excluding hydrogens is 328 g/mol. The van der Waals surface area contributed by atoms with Gasteiger partial charge in [0.15, 0.2) is 0 Å². The second-order valence-electron chi connectivity index (χ2n) is 6.51. The predicted octanol–water partition coefficient (Wildman–Crippen LogP) is 5.22. The molecule has 25 heavy (non-hydrogen) atoms. The van der Waals surface area contributed by atoms with Crippen LogP contribution < -0.4 is 5.32 Å². The van der Waals surface area contributed by atoms with Crippen LogP contribution in [0.4, 0.5) is 5.69 Å². The van der Waals surface area contributed by atoms with Gasteiger partial charge >= 0.3 is 0 Å². The molecule has 3 nitrogen and oxygen atoms in total. The summed E-state index contributed by atoms with van der Waals surface area (Å²) >= 11 is 1.58. The summed E-state index contributed by atoms with van der Waals surface area (Å²) in [5.41, 5.74) is 7.40. The molecule has 0 radical (unpaired) electrons. The molecule has 0 aliphatic carbocycles. The number of benzene rings is 2. The Morgan fingerprint density at radius 2 is 1.76 bits per heavy atom. The average molecular weight is 350 g/mol. The fraction of sp³-hybridized carbons (Fsp3) is 0.238. The van der Waals surface area contributed by atoms with Gasteiger partial charge in [-0.15, -0.1) is 11.3 Å². The predicted molar refractivity (Wildman–Crippen MR) is 105 cm³/mol. The molecule has 0 bridgehead atoms. The molecule has 0 aliphatic rings. The summed E-state index contributed by atoms with van der Waals surface area (Å²) in [5.74, 6) is -0.0313. The van der Waals surface area contributed by atoms with Gasteiger partial charge < -0.3 is 5.32 Å². The van der Waals surface area contributed by atoms with Gasteiger partial charge in [0.25, 0.3) is 0 Å². The zero-order valence-electron chi connectivity index (χ0n) is 15.0. The van der Waals surface area contributed by atoms with E-state index in [4.69, 9.17) is 0 Å². The third-order valence-electron chi connectivity index (χ3n) is 4.10. The number of aryl methyl sites for hydroxylation is 4. The first-order valence-corrected chi connectivity index (χ1v) is 9.19. The summed E-state index contributed by atoms with van der Waals surface area (Å²) in [7, 11) is 0. The highest BCUT2D eigenvalue weighted by Crippen LogP contribution is 2.25. The summed E-state index contributed by atoms with van der Waals surface area (Å²) in [4.78, 5) is 17.0. The standard InChI is InChI=1S/C21H22N2OS/c1-13-6-5-7-17(10-13)21-22-18(12-25-21)11-19(24)23-20-15(3)8-14(2)9-16(20)4/h5-10,12H,11H2,1-4H3,(H,23,24). The van der Waals surface area contributed by atoms with Crippen molar-refractivity contribution in [2.75, 3.05) is 5.32 Å². The van der Waals surface area contributed by atoms with E-state index >= 15 is 0 Å². The molecule has 0 saturated carbocycles. The van der Waals surface area contributed by atoms with Crippen LogP contribution in [0.15, 0.2) is 41.8 Å². The largest absolute Gasteiger partial charge is 0.325 e. The topological polar surface area (TPSA) is 42.0 Å². The number of amides is 1. The lowest BCUT2D eigenvalue weighted by Gasteiger charge is -2.12. The number of hydrogen-bond donors (Lipinski definition) is 1. The molecule has 4 heteroatoms. The van der Waals surface area contributed by atoms with Crippen LogP contribution >= 0.6 is 11.3 Å². The van der Waals surface area contributed by atoms with E-state index in [0.29, 0.717) is 0 Å². The van der Waals surface area contributed by atoms with Gasteiger partial charge in [0.1, 0.15) is 5.01 Å². The van der Waals surface area contributed by atoms with Crippen LogP contribution in [0.2, 0.25) is 0 Å². The number of anilines is 1. The Kier molecular flexibility index (Phi) is 5.00. The Morgan fingerprint density at radius 3 is 2.44 bits per heavy atom. The zero-order chi connectivity index (χ0) is 18.0. The summed E-state index contributed by atoms with van der Waals surface area (Å²) in [5, 5.41) is 5.96. The van der Waals surface area contributed by atoms with Crippen LogP contribution in [-0.4, -0.2) is 10.9 Å². The van der Waals surface area contributed by atoms with Crippen molar-refractivity contribution in [3.8, 4) is 10.6 Å². The minimum Gasteiger partial charge on any atom is -0.325 e. The first-order chi connectivity index (χ1) is 11.9. The van der Waals surface area contributed by atoms with Crippen molar-refractivity contribution < 1.29 is 4.79 Å². The van der Waals surface area contributed by atoms with Gasteiger partial charge in [0, 0.05) is 16.6 Å². The minimum absolute atomic E-state index is 0.0313. The minimum atomic E-state index is -0.0313. The van der Waals surface area contributed by atoms with Crippen LogP contribution in [0.25, 0.3) is 10.6 Å². The Hall–Kier alpha value is -2.46. The van der Waals surface area contributed by atoms with Crippen molar-refractivity contribution in [2.45, 2.75) is 34.1 Å². The molecular formula is C21H22N2OS. The van der Waals surface area contributed by atoms with E-state index in [1.165, 1.54) is 11.1 Å². The molecule has 1 aromatic heterocycles. The van der Waals surface area contributed by atoms with Gasteiger partial charge in [-0.1, -0.05) is 41.5 Å². The van der Waals surface area contributed by atoms with Gasteiger partial charge in [0.05, 0.1) is 12.1 Å². The maximum absolute atomic E-state index is 12.4. The molecule has 3 rings (SSSR count). The SMILES string of the molecule is Cc1cccc(-c2nc(CC(=O)Nc3c(C)cc(C)cc3C)cs2)c1. The maximum atomic E-state index is 12.4. The van der Waals surface area contributed by atoms with Gasteiger partial charge in [-0.2, -0.15) is 0 Å². The van der Waals surface area contributed by atoms with E-state index in [2.05, 4.69) is 54.5 Å². The number of carbonyl (C=O) groups excluding carboxylic acids is 1. The third-order valence-corrected chi connectivity index (χ3v) is 5.04. The number of carbonyl (C=O) groups is 1. The molecule has 1 N–H and O–H groups in total. The van der Waals surface area contributed by atoms with Crippen LogP contribution in [0.3, 0.4) is 0 Å². The van der Waals surface area contributed by atoms with E-state index in [1.807, 2.05) is 25.3 Å². The number of rotatable bonds is 4. The third kappa shape index (κ3) is 4.15. The monoisotopic (exact) mass is 350 g/mol. The smallest absolute Gasteiger partial charge is 0.230 e. The second-order valence-corrected chi connectivity index (χ2v) is 7.37. The fourth-order valence-electron chi connectivity index (χ4n) is 3.02. The van der Waals surface area contributed by atoms with Crippen LogP contribution in [-0.2, 0) is 11.2 Å². The van der Waals surface area contributed by atoms with Crippen molar-refractivity contribution >= 4 is 22.9 Å². The molecule has 128 valence electrons. The number of nitrogens with zero attached hydrogens (tertiary/aromatic N) is 1. The number of thiazole rings is 1. The van der Waals surface area contributed by atoms with Gasteiger partial charge in [0.2, 0.25) is 5.91 Å². The lowest BCUT2D eigenvalue weighted by Crippen LogP contribution is -2.16. The zero-order valence-corrected chi connectivity index (χ0v) is 15.8. The van der Waals surface area contributed by atoms with Gasteiger partial charge in [-0.25, -0.2) is 4.98 Å². The molecule has 0 saturated heterocycles. The second kappa shape index (κ2) is 7.19. The molecule has 0 spiro atoms. The highest BCUT2D eigenvalue weighted by atomic mass is 32.1. The van der Waals surface area contributed by atoms with Crippen molar-refractivity contribution in [1.29, 1.82) is 0 Å². The summed E-state index contributed by atoms with van der Waals surface area (Å²) in [6, 6.07) is 12.4. The lowest BCUT2D eigenvalue weighted by atomic mass is 10.0. The highest BCUT2D eigenvalue weighted by molar-refractivity contribution is 7.13. The van der Waals surface area contributed by atoms with Crippen LogP contribution in [0, 0.1) is 27.7 Å². The van der Waals surface area contributed by atoms with E-state index in [0.717, 1.165) is 33.1 Å². The van der Waals surface area contributed by atoms with E-state index < -0.39 is 0 Å². The van der Waals surface area contributed by atoms with Crippen molar-refractivity contribution in [2.24, 2.45) is 0 Å². The Bertz CT molecular complexity index is 904. The maximum Gasteiger partial charge on any atom is 0.230 e. The summed E-state index contributed by atoms with van der Waals surface area (Å²) in [6.07, 6.45) is 0.287. The van der Waals surface area contributed by atoms with Crippen molar-refractivity contribution in [1.82, 2.24) is 4.98 Å². The number of hydrogen-bond acceptors (Lipinski definition) is 3. The Labute approximate surface area is 152 Å². The highest BCUT2D eigenvalue weighted by Gasteiger charge is 2.12. The van der Waals surface area contributed by atoms with E-state index in [1.54, 1.807) is 11.3 Å². The lowest BCUT2D eigenvalue weighted by molar-refractivity contribution is -0.115. The van der Waals surface area contributed by atoms with Crippen LogP contribution in [0.1, 0.15) is 27.9 Å². The fourth-order valence-corrected chi connectivity index (χ4v) is 3.84.